The lowest BCUT2D eigenvalue weighted by Crippen LogP contribution is -2.34. The highest BCUT2D eigenvalue weighted by molar-refractivity contribution is 9.09. The predicted octanol–water partition coefficient (Wildman–Crippen LogP) is 1.84. The summed E-state index contributed by atoms with van der Waals surface area (Å²) in [6.45, 7) is 3.07. The van der Waals surface area contributed by atoms with Crippen molar-refractivity contribution < 1.29 is 4.74 Å². The smallest absolute Gasteiger partial charge is 0.110 e. The van der Waals surface area contributed by atoms with E-state index in [0.717, 1.165) is 18.4 Å². The quantitative estimate of drug-likeness (QED) is 0.675. The minimum absolute atomic E-state index is 0.363. The van der Waals surface area contributed by atoms with E-state index >= 15 is 0 Å². The minimum Gasteiger partial charge on any atom is -0.361 e. The van der Waals surface area contributed by atoms with Crippen molar-refractivity contribution in [3.8, 4) is 0 Å². The molecule has 0 aromatic carbocycles. The number of alkyl halides is 1. The van der Waals surface area contributed by atoms with E-state index in [1.807, 2.05) is 0 Å². The number of nitrogens with zero attached hydrogens (tertiary/aromatic N) is 1. The second kappa shape index (κ2) is 4.43. The Labute approximate surface area is 77.0 Å². The van der Waals surface area contributed by atoms with Gasteiger partial charge in [-0.15, -0.1) is 0 Å². The first-order chi connectivity index (χ1) is 5.29. The molecule has 0 aromatic heterocycles. The molecular weight excluding hydrogens is 206 g/mol. The van der Waals surface area contributed by atoms with Crippen LogP contribution >= 0.6 is 15.9 Å². The summed E-state index contributed by atoms with van der Waals surface area (Å²) >= 11 is 3.47. The molecule has 0 amide bonds. The first kappa shape index (κ1) is 9.49. The van der Waals surface area contributed by atoms with E-state index in [-0.39, 0.29) is 0 Å². The van der Waals surface area contributed by atoms with Gasteiger partial charge in [0.1, 0.15) is 6.23 Å². The van der Waals surface area contributed by atoms with Crippen molar-refractivity contribution in [3.05, 3.63) is 0 Å². The van der Waals surface area contributed by atoms with E-state index in [1.165, 1.54) is 6.42 Å². The second-order valence-corrected chi connectivity index (χ2v) is 3.70. The molecule has 0 aliphatic carbocycles. The SMILES string of the molecule is CCCC1OCC(CBr)N1C. The third-order valence-electron chi connectivity index (χ3n) is 2.22. The molecule has 1 rings (SSSR count). The molecular formula is C8H16BrNO. The molecule has 0 saturated carbocycles. The molecule has 2 unspecified atom stereocenters. The summed E-state index contributed by atoms with van der Waals surface area (Å²) in [5.41, 5.74) is 0. The third-order valence-corrected chi connectivity index (χ3v) is 2.97. The van der Waals surface area contributed by atoms with Crippen LogP contribution in [0.3, 0.4) is 0 Å². The molecule has 1 aliphatic heterocycles. The Morgan fingerprint density at radius 2 is 2.36 bits per heavy atom. The first-order valence-corrected chi connectivity index (χ1v) is 5.31. The highest BCUT2D eigenvalue weighted by Crippen LogP contribution is 2.19. The summed E-state index contributed by atoms with van der Waals surface area (Å²) in [5.74, 6) is 0. The van der Waals surface area contributed by atoms with Gasteiger partial charge in [-0.2, -0.15) is 0 Å². The maximum Gasteiger partial charge on any atom is 0.110 e. The van der Waals surface area contributed by atoms with Gasteiger partial charge in [0.05, 0.1) is 6.61 Å². The molecule has 11 heavy (non-hydrogen) atoms. The number of likely N-dealkylation sites (N-methyl/N-ethyl adjacent to an activating group) is 1. The number of hydrogen-bond donors (Lipinski definition) is 0. The molecule has 2 atom stereocenters. The molecule has 1 heterocycles. The molecule has 0 aromatic rings. The Bertz CT molecular complexity index is 121. The molecule has 1 saturated heterocycles. The average molecular weight is 222 g/mol. The fourth-order valence-electron chi connectivity index (χ4n) is 1.38. The monoisotopic (exact) mass is 221 g/mol. The second-order valence-electron chi connectivity index (χ2n) is 3.05. The fraction of sp³-hybridized carbons (Fsp3) is 1.00. The molecule has 0 spiro atoms. The zero-order valence-corrected chi connectivity index (χ0v) is 8.80. The molecule has 66 valence electrons. The molecule has 3 heteroatoms. The summed E-state index contributed by atoms with van der Waals surface area (Å²) in [7, 11) is 2.14. The minimum atomic E-state index is 0.363. The van der Waals surface area contributed by atoms with Gasteiger partial charge >= 0.3 is 0 Å². The van der Waals surface area contributed by atoms with Gasteiger partial charge in [-0.25, -0.2) is 0 Å². The fourth-order valence-corrected chi connectivity index (χ4v) is 2.02. The average Bonchev–Trinajstić information content (AvgIpc) is 2.34. The topological polar surface area (TPSA) is 12.5 Å². The number of hydrogen-bond acceptors (Lipinski definition) is 2. The van der Waals surface area contributed by atoms with E-state index in [4.69, 9.17) is 4.74 Å². The first-order valence-electron chi connectivity index (χ1n) is 4.19. The van der Waals surface area contributed by atoms with Crippen LogP contribution in [0.1, 0.15) is 19.8 Å². The molecule has 0 N–H and O–H groups in total. The highest BCUT2D eigenvalue weighted by Gasteiger charge is 2.29. The van der Waals surface area contributed by atoms with Gasteiger partial charge in [-0.1, -0.05) is 29.3 Å². The summed E-state index contributed by atoms with van der Waals surface area (Å²) in [6.07, 6.45) is 2.71. The largest absolute Gasteiger partial charge is 0.361 e. The standard InChI is InChI=1S/C8H16BrNO/c1-3-4-8-10(2)7(5-9)6-11-8/h7-8H,3-6H2,1-2H3. The Kier molecular flexibility index (Phi) is 3.82. The lowest BCUT2D eigenvalue weighted by molar-refractivity contribution is 0.0373. The van der Waals surface area contributed by atoms with Crippen LogP contribution in [0.5, 0.6) is 0 Å². The Hall–Kier alpha value is 0.400. The molecule has 1 aliphatic rings. The zero-order valence-electron chi connectivity index (χ0n) is 7.22. The molecule has 2 nitrogen and oxygen atoms in total. The van der Waals surface area contributed by atoms with Crippen LogP contribution in [0.4, 0.5) is 0 Å². The number of rotatable bonds is 3. The lowest BCUT2D eigenvalue weighted by Gasteiger charge is -2.21. The van der Waals surface area contributed by atoms with Gasteiger partial charge in [-0.3, -0.25) is 4.90 Å². The van der Waals surface area contributed by atoms with Gasteiger partial charge in [0.15, 0.2) is 0 Å². The van der Waals surface area contributed by atoms with E-state index < -0.39 is 0 Å². The zero-order chi connectivity index (χ0) is 8.27. The van der Waals surface area contributed by atoms with Crippen molar-refractivity contribution in [2.24, 2.45) is 0 Å². The van der Waals surface area contributed by atoms with Crippen LogP contribution in [0.15, 0.2) is 0 Å². The van der Waals surface area contributed by atoms with Gasteiger partial charge in [-0.05, 0) is 13.5 Å². The van der Waals surface area contributed by atoms with Crippen LogP contribution in [-0.4, -0.2) is 36.2 Å². The summed E-state index contributed by atoms with van der Waals surface area (Å²) < 4.78 is 5.61. The van der Waals surface area contributed by atoms with E-state index in [9.17, 15) is 0 Å². The summed E-state index contributed by atoms with van der Waals surface area (Å²) in [4.78, 5) is 2.32. The summed E-state index contributed by atoms with van der Waals surface area (Å²) in [5, 5.41) is 1.02. The Morgan fingerprint density at radius 3 is 2.82 bits per heavy atom. The van der Waals surface area contributed by atoms with Crippen molar-refractivity contribution in [1.82, 2.24) is 4.90 Å². The van der Waals surface area contributed by atoms with Crippen molar-refractivity contribution in [2.45, 2.75) is 32.0 Å². The van der Waals surface area contributed by atoms with E-state index in [0.29, 0.717) is 12.3 Å². The number of ether oxygens (including phenoxy) is 1. The van der Waals surface area contributed by atoms with Crippen LogP contribution < -0.4 is 0 Å². The van der Waals surface area contributed by atoms with Crippen LogP contribution in [0, 0.1) is 0 Å². The maximum atomic E-state index is 5.61. The Morgan fingerprint density at radius 1 is 1.64 bits per heavy atom. The maximum absolute atomic E-state index is 5.61. The molecule has 1 fully saturated rings. The van der Waals surface area contributed by atoms with Crippen molar-refractivity contribution in [1.29, 1.82) is 0 Å². The number of halogens is 1. The van der Waals surface area contributed by atoms with E-state index in [1.54, 1.807) is 0 Å². The van der Waals surface area contributed by atoms with Crippen LogP contribution in [0.2, 0.25) is 0 Å². The van der Waals surface area contributed by atoms with Crippen LogP contribution in [0.25, 0.3) is 0 Å². The van der Waals surface area contributed by atoms with Crippen molar-refractivity contribution in [3.63, 3.8) is 0 Å². The van der Waals surface area contributed by atoms with Crippen molar-refractivity contribution in [2.75, 3.05) is 19.0 Å². The lowest BCUT2D eigenvalue weighted by atomic mass is 10.3. The van der Waals surface area contributed by atoms with Gasteiger partial charge in [0.25, 0.3) is 0 Å². The van der Waals surface area contributed by atoms with Crippen LogP contribution in [-0.2, 0) is 4.74 Å². The van der Waals surface area contributed by atoms with Gasteiger partial charge < -0.3 is 4.74 Å². The predicted molar refractivity (Wildman–Crippen MR) is 50.0 cm³/mol. The highest BCUT2D eigenvalue weighted by atomic mass is 79.9. The normalized spacial score (nSPS) is 33.0. The van der Waals surface area contributed by atoms with Gasteiger partial charge in [0.2, 0.25) is 0 Å². The summed E-state index contributed by atoms with van der Waals surface area (Å²) in [6, 6.07) is 0.576. The molecule has 0 bridgehead atoms. The van der Waals surface area contributed by atoms with E-state index in [2.05, 4.69) is 34.8 Å². The van der Waals surface area contributed by atoms with Crippen molar-refractivity contribution >= 4 is 15.9 Å². The van der Waals surface area contributed by atoms with Gasteiger partial charge in [0, 0.05) is 11.4 Å². The molecule has 0 radical (unpaired) electrons. The third kappa shape index (κ3) is 2.17. The Balaban J connectivity index is 2.35.